The fraction of sp³-hybridized carbons (Fsp3) is 0.375. The lowest BCUT2D eigenvalue weighted by molar-refractivity contribution is -0.140. The Bertz CT molecular complexity index is 1440. The molecule has 220 valence electrons. The van der Waals surface area contributed by atoms with Gasteiger partial charge in [0.2, 0.25) is 11.8 Å². The summed E-state index contributed by atoms with van der Waals surface area (Å²) in [6.07, 6.45) is 1.65. The largest absolute Gasteiger partial charge is 0.352 e. The van der Waals surface area contributed by atoms with Crippen molar-refractivity contribution in [2.45, 2.75) is 77.4 Å². The van der Waals surface area contributed by atoms with E-state index in [0.717, 1.165) is 21.9 Å². The van der Waals surface area contributed by atoms with E-state index in [-0.39, 0.29) is 23.4 Å². The number of hydrogen-bond acceptors (Lipinski definition) is 4. The highest BCUT2D eigenvalue weighted by Crippen LogP contribution is 2.29. The summed E-state index contributed by atoms with van der Waals surface area (Å²) < 4.78 is 29.4. The normalized spacial score (nSPS) is 12.8. The molecule has 0 aliphatic heterocycles. The molecule has 0 aliphatic carbocycles. The number of amides is 2. The highest BCUT2D eigenvalue weighted by Gasteiger charge is 2.34. The van der Waals surface area contributed by atoms with E-state index in [4.69, 9.17) is 11.6 Å². The zero-order valence-corrected chi connectivity index (χ0v) is 26.0. The molecule has 0 saturated carbocycles. The van der Waals surface area contributed by atoms with Crippen LogP contribution in [0.15, 0.2) is 77.7 Å². The van der Waals surface area contributed by atoms with Crippen LogP contribution in [0.4, 0.5) is 5.69 Å². The number of carbonyl (C=O) groups is 2. The summed E-state index contributed by atoms with van der Waals surface area (Å²) >= 11 is 6.47. The summed E-state index contributed by atoms with van der Waals surface area (Å²) in [5.74, 6) is -0.790. The van der Waals surface area contributed by atoms with Crippen LogP contribution in [0, 0.1) is 6.92 Å². The molecule has 0 unspecified atom stereocenters. The first kappa shape index (κ1) is 32.2. The van der Waals surface area contributed by atoms with Crippen LogP contribution < -0.4 is 9.62 Å². The molecular formula is C32H40ClN3O4S. The first-order chi connectivity index (χ1) is 19.5. The molecule has 0 bridgehead atoms. The number of hydrogen-bond donors (Lipinski definition) is 1. The summed E-state index contributed by atoms with van der Waals surface area (Å²) in [6.45, 7) is 9.10. The van der Waals surface area contributed by atoms with Gasteiger partial charge >= 0.3 is 0 Å². The Hall–Kier alpha value is -3.36. The molecule has 0 aromatic heterocycles. The smallest absolute Gasteiger partial charge is 0.264 e. The Morgan fingerprint density at radius 1 is 0.878 bits per heavy atom. The van der Waals surface area contributed by atoms with Gasteiger partial charge in [0.25, 0.3) is 10.0 Å². The van der Waals surface area contributed by atoms with Gasteiger partial charge < -0.3 is 10.2 Å². The van der Waals surface area contributed by atoms with Gasteiger partial charge in [-0.15, -0.1) is 0 Å². The second kappa shape index (κ2) is 14.5. The lowest BCUT2D eigenvalue weighted by Crippen LogP contribution is -2.53. The average Bonchev–Trinajstić information content (AvgIpc) is 2.96. The first-order valence-corrected chi connectivity index (χ1v) is 15.9. The average molecular weight is 598 g/mol. The highest BCUT2D eigenvalue weighted by molar-refractivity contribution is 7.92. The van der Waals surface area contributed by atoms with E-state index in [9.17, 15) is 18.0 Å². The second-order valence-electron chi connectivity index (χ2n) is 10.2. The highest BCUT2D eigenvalue weighted by atomic mass is 35.5. The van der Waals surface area contributed by atoms with Gasteiger partial charge in [-0.2, -0.15) is 0 Å². The van der Waals surface area contributed by atoms with Crippen LogP contribution in [-0.2, 0) is 32.6 Å². The number of nitrogens with one attached hydrogen (secondary N) is 1. The van der Waals surface area contributed by atoms with Crippen molar-refractivity contribution < 1.29 is 18.0 Å². The monoisotopic (exact) mass is 597 g/mol. The van der Waals surface area contributed by atoms with Gasteiger partial charge in [0.1, 0.15) is 12.6 Å². The molecule has 0 saturated heterocycles. The quantitative estimate of drug-likeness (QED) is 0.257. The number of benzene rings is 3. The molecule has 0 radical (unpaired) electrons. The Labute approximate surface area is 249 Å². The SMILES string of the molecule is CCc1ccccc1N(CC(=O)N(Cc1ccccc1Cl)[C@H](CC)C(=O)N[C@H](C)CC)S(=O)(=O)c1ccc(C)cc1. The van der Waals surface area contributed by atoms with E-state index in [1.54, 1.807) is 54.6 Å². The maximum absolute atomic E-state index is 14.2. The third-order valence-electron chi connectivity index (χ3n) is 7.21. The van der Waals surface area contributed by atoms with E-state index in [0.29, 0.717) is 29.1 Å². The van der Waals surface area contributed by atoms with Crippen LogP contribution in [0.3, 0.4) is 0 Å². The van der Waals surface area contributed by atoms with Gasteiger partial charge in [0.05, 0.1) is 10.6 Å². The molecule has 1 N–H and O–H groups in total. The van der Waals surface area contributed by atoms with E-state index in [2.05, 4.69) is 5.32 Å². The first-order valence-electron chi connectivity index (χ1n) is 14.0. The van der Waals surface area contributed by atoms with Crippen LogP contribution in [-0.4, -0.2) is 43.8 Å². The standard InChI is InChI=1S/C32H40ClN3O4S/c1-6-24(5)34-32(38)29(8-3)35(21-26-14-9-11-15-28(26)33)31(37)22-36(30-16-12-10-13-25(30)7-2)41(39,40)27-19-17-23(4)18-20-27/h9-20,24,29H,6-8,21-22H2,1-5H3,(H,34,38)/t24-,29-/m1/s1. The number of para-hydroxylation sites is 1. The molecule has 3 aromatic carbocycles. The number of sulfonamides is 1. The molecule has 0 fully saturated rings. The van der Waals surface area contributed by atoms with Crippen LogP contribution in [0.1, 0.15) is 57.2 Å². The predicted octanol–water partition coefficient (Wildman–Crippen LogP) is 6.13. The summed E-state index contributed by atoms with van der Waals surface area (Å²) in [5, 5.41) is 3.44. The van der Waals surface area contributed by atoms with Crippen molar-refractivity contribution in [3.8, 4) is 0 Å². The van der Waals surface area contributed by atoms with Gasteiger partial charge in [0, 0.05) is 17.6 Å². The zero-order valence-electron chi connectivity index (χ0n) is 24.4. The number of aryl methyl sites for hydroxylation is 2. The van der Waals surface area contributed by atoms with Gasteiger partial charge in [-0.05, 0) is 68.5 Å². The summed E-state index contributed by atoms with van der Waals surface area (Å²) in [7, 11) is -4.13. The maximum atomic E-state index is 14.2. The van der Waals surface area contributed by atoms with Crippen LogP contribution >= 0.6 is 11.6 Å². The van der Waals surface area contributed by atoms with Gasteiger partial charge in [0.15, 0.2) is 0 Å². The van der Waals surface area contributed by atoms with Crippen molar-refractivity contribution in [3.05, 3.63) is 94.5 Å². The zero-order chi connectivity index (χ0) is 30.2. The molecule has 7 nitrogen and oxygen atoms in total. The molecule has 2 atom stereocenters. The van der Waals surface area contributed by atoms with E-state index >= 15 is 0 Å². The van der Waals surface area contributed by atoms with Crippen LogP contribution in [0.2, 0.25) is 5.02 Å². The van der Waals surface area contributed by atoms with Gasteiger partial charge in [-0.3, -0.25) is 13.9 Å². The Kier molecular flexibility index (Phi) is 11.4. The second-order valence-corrected chi connectivity index (χ2v) is 12.4. The molecular weight excluding hydrogens is 558 g/mol. The topological polar surface area (TPSA) is 86.8 Å². The van der Waals surface area contributed by atoms with Crippen molar-refractivity contribution >= 4 is 39.1 Å². The molecule has 9 heteroatoms. The lowest BCUT2D eigenvalue weighted by Gasteiger charge is -2.34. The number of halogens is 1. The third-order valence-corrected chi connectivity index (χ3v) is 9.36. The summed E-state index contributed by atoms with van der Waals surface area (Å²) in [6, 6.07) is 20.0. The maximum Gasteiger partial charge on any atom is 0.264 e. The van der Waals surface area contributed by atoms with E-state index in [1.807, 2.05) is 52.8 Å². The minimum atomic E-state index is -4.13. The van der Waals surface area contributed by atoms with Gasteiger partial charge in [-0.25, -0.2) is 8.42 Å². The fourth-order valence-corrected chi connectivity index (χ4v) is 6.22. The predicted molar refractivity (Wildman–Crippen MR) is 166 cm³/mol. The molecule has 0 spiro atoms. The minimum Gasteiger partial charge on any atom is -0.352 e. The summed E-state index contributed by atoms with van der Waals surface area (Å²) in [4.78, 5) is 29.2. The van der Waals surface area contributed by atoms with Crippen molar-refractivity contribution in [1.82, 2.24) is 10.2 Å². The van der Waals surface area contributed by atoms with Crippen LogP contribution in [0.25, 0.3) is 0 Å². The molecule has 2 amide bonds. The number of anilines is 1. The lowest BCUT2D eigenvalue weighted by atomic mass is 10.1. The van der Waals surface area contributed by atoms with E-state index in [1.165, 1.54) is 4.90 Å². The Morgan fingerprint density at radius 2 is 1.49 bits per heavy atom. The third kappa shape index (κ3) is 7.89. The van der Waals surface area contributed by atoms with Crippen molar-refractivity contribution in [2.75, 3.05) is 10.8 Å². The Balaban J connectivity index is 2.11. The van der Waals surface area contributed by atoms with Gasteiger partial charge in [-0.1, -0.05) is 86.5 Å². The van der Waals surface area contributed by atoms with E-state index < -0.39 is 28.5 Å². The fourth-order valence-electron chi connectivity index (χ4n) is 4.57. The number of carbonyl (C=O) groups excluding carboxylic acids is 2. The molecule has 0 heterocycles. The summed E-state index contributed by atoms with van der Waals surface area (Å²) in [5.41, 5.74) is 2.80. The van der Waals surface area contributed by atoms with Crippen LogP contribution in [0.5, 0.6) is 0 Å². The van der Waals surface area contributed by atoms with Crippen molar-refractivity contribution in [1.29, 1.82) is 0 Å². The Morgan fingerprint density at radius 3 is 2.07 bits per heavy atom. The molecule has 3 aromatic rings. The number of rotatable bonds is 13. The molecule has 41 heavy (non-hydrogen) atoms. The van der Waals surface area contributed by atoms with Crippen molar-refractivity contribution in [3.63, 3.8) is 0 Å². The minimum absolute atomic E-state index is 0.0543. The number of nitrogens with zero attached hydrogens (tertiary/aromatic N) is 2. The van der Waals surface area contributed by atoms with Crippen molar-refractivity contribution in [2.24, 2.45) is 0 Å². The molecule has 3 rings (SSSR count). The molecule has 0 aliphatic rings.